The van der Waals surface area contributed by atoms with Gasteiger partial charge in [-0.1, -0.05) is 66.2 Å². The van der Waals surface area contributed by atoms with Crippen LogP contribution in [0.15, 0.2) is 17.1 Å². The lowest BCUT2D eigenvalue weighted by molar-refractivity contribution is -0.0549. The van der Waals surface area contributed by atoms with Gasteiger partial charge in [0.25, 0.3) is 0 Å². The molecule has 2 rings (SSSR count). The summed E-state index contributed by atoms with van der Waals surface area (Å²) in [4.78, 5) is 24.8. The maximum Gasteiger partial charge on any atom is 0.472 e. The maximum atomic E-state index is 11.9. The van der Waals surface area contributed by atoms with Crippen LogP contribution < -0.4 is 11.4 Å². The van der Waals surface area contributed by atoms with Gasteiger partial charge < -0.3 is 30.7 Å². The minimum absolute atomic E-state index is 0.0537. The highest BCUT2D eigenvalue weighted by Gasteiger charge is 2.43. The molecule has 2 heterocycles. The Kier molecular flexibility index (Phi) is 16.5. The highest BCUT2D eigenvalue weighted by molar-refractivity contribution is 7.47. The van der Waals surface area contributed by atoms with Crippen molar-refractivity contribution in [3.63, 3.8) is 0 Å². The normalized spacial score (nSPS) is 24.3. The van der Waals surface area contributed by atoms with Crippen molar-refractivity contribution < 1.29 is 38.6 Å². The summed E-state index contributed by atoms with van der Waals surface area (Å²) in [5, 5.41) is 28.2. The van der Waals surface area contributed by atoms with Crippen molar-refractivity contribution in [2.24, 2.45) is 11.8 Å². The molecule has 0 aliphatic carbocycles. The first-order valence-corrected chi connectivity index (χ1v) is 15.1. The SMILES string of the molecule is CCCCC(CC)COP(=O)(O)OCC(CC)CCCC.Nc1ccn([C@@H]2O[C@H](CO)[C@@H](O)[C@H]2O)c(=O)n1. The second-order valence-corrected chi connectivity index (χ2v) is 11.1. The first kappa shape index (κ1) is 34.7. The molecule has 222 valence electrons. The van der Waals surface area contributed by atoms with Crippen molar-refractivity contribution >= 4 is 13.6 Å². The van der Waals surface area contributed by atoms with Crippen LogP contribution in [0.2, 0.25) is 0 Å². The number of nitrogens with two attached hydrogens (primary N) is 1. The van der Waals surface area contributed by atoms with E-state index >= 15 is 0 Å². The molecule has 12 nitrogen and oxygen atoms in total. The summed E-state index contributed by atoms with van der Waals surface area (Å²) >= 11 is 0. The fraction of sp³-hybridized carbons (Fsp3) is 0.840. The molecule has 1 aromatic rings. The Morgan fingerprint density at radius 2 is 1.58 bits per heavy atom. The standard InChI is InChI=1S/C16H35O4P.C9H13N3O5/c1-5-9-11-15(7-3)13-19-21(17,18)20-14-16(8-4)12-10-6-2;10-5-1-2-12(9(16)11-5)8-7(15)6(14)4(3-13)17-8/h15-16H,5-14H2,1-4H3,(H,17,18);1-2,4,6-8,13-15H,3H2,(H2,10,11,16)/t;4-,6-,7-,8-/m.1/s1. The third-order valence-corrected chi connectivity index (χ3v) is 7.63. The van der Waals surface area contributed by atoms with Crippen LogP contribution in [-0.2, 0) is 18.3 Å². The first-order valence-electron chi connectivity index (χ1n) is 13.6. The van der Waals surface area contributed by atoms with Gasteiger partial charge in [-0.15, -0.1) is 0 Å². The van der Waals surface area contributed by atoms with Crippen molar-refractivity contribution in [1.29, 1.82) is 0 Å². The van der Waals surface area contributed by atoms with Gasteiger partial charge in [-0.05, 0) is 30.7 Å². The number of hydrogen-bond donors (Lipinski definition) is 5. The maximum absolute atomic E-state index is 11.9. The summed E-state index contributed by atoms with van der Waals surface area (Å²) in [6, 6.07) is 1.37. The van der Waals surface area contributed by atoms with Gasteiger partial charge in [-0.25, -0.2) is 9.36 Å². The minimum Gasteiger partial charge on any atom is -0.394 e. The van der Waals surface area contributed by atoms with Crippen molar-refractivity contribution in [2.75, 3.05) is 25.6 Å². The Bertz CT molecular complexity index is 864. The van der Waals surface area contributed by atoms with Crippen molar-refractivity contribution in [2.45, 2.75) is 104 Å². The van der Waals surface area contributed by atoms with Crippen LogP contribution in [0.25, 0.3) is 0 Å². The van der Waals surface area contributed by atoms with Gasteiger partial charge in [0.2, 0.25) is 0 Å². The molecule has 0 radical (unpaired) electrons. The summed E-state index contributed by atoms with van der Waals surface area (Å²) < 4.78 is 28.4. The zero-order valence-electron chi connectivity index (χ0n) is 23.1. The summed E-state index contributed by atoms with van der Waals surface area (Å²) in [6.45, 7) is 8.65. The van der Waals surface area contributed by atoms with Crippen LogP contribution >= 0.6 is 7.82 Å². The molecule has 13 heteroatoms. The number of nitrogens with zero attached hydrogens (tertiary/aromatic N) is 2. The fourth-order valence-electron chi connectivity index (χ4n) is 3.96. The Labute approximate surface area is 225 Å². The van der Waals surface area contributed by atoms with E-state index in [0.717, 1.165) is 55.9 Å². The topological polar surface area (TPSA) is 187 Å². The van der Waals surface area contributed by atoms with Crippen molar-refractivity contribution in [3.05, 3.63) is 22.7 Å². The molecule has 1 aliphatic rings. The van der Waals surface area contributed by atoms with Gasteiger partial charge in [-0.2, -0.15) is 4.98 Å². The number of anilines is 1. The number of aromatic nitrogens is 2. The number of rotatable bonds is 16. The van der Waals surface area contributed by atoms with E-state index in [1.54, 1.807) is 0 Å². The van der Waals surface area contributed by atoms with Crippen LogP contribution in [0.4, 0.5) is 5.82 Å². The van der Waals surface area contributed by atoms with E-state index in [9.17, 15) is 24.5 Å². The van der Waals surface area contributed by atoms with Gasteiger partial charge in [0, 0.05) is 6.20 Å². The molecule has 1 fully saturated rings. The highest BCUT2D eigenvalue weighted by Crippen LogP contribution is 2.44. The Hall–Kier alpha value is -1.37. The van der Waals surface area contributed by atoms with Gasteiger partial charge in [-0.3, -0.25) is 13.6 Å². The van der Waals surface area contributed by atoms with Crippen molar-refractivity contribution in [1.82, 2.24) is 9.55 Å². The third-order valence-electron chi connectivity index (χ3n) is 6.68. The number of hydrogen-bond acceptors (Lipinski definition) is 10. The molecule has 1 aromatic heterocycles. The monoisotopic (exact) mass is 565 g/mol. The zero-order valence-corrected chi connectivity index (χ0v) is 24.0. The molecule has 6 N–H and O–H groups in total. The molecule has 6 atom stereocenters. The predicted molar refractivity (Wildman–Crippen MR) is 144 cm³/mol. The van der Waals surface area contributed by atoms with Crippen molar-refractivity contribution in [3.8, 4) is 0 Å². The molecule has 0 aromatic carbocycles. The molecule has 38 heavy (non-hydrogen) atoms. The lowest BCUT2D eigenvalue weighted by atomic mass is 10.0. The molecule has 0 spiro atoms. The quantitative estimate of drug-likeness (QED) is 0.185. The second-order valence-electron chi connectivity index (χ2n) is 9.66. The van der Waals surface area contributed by atoms with E-state index in [0.29, 0.717) is 25.0 Å². The van der Waals surface area contributed by atoms with Crippen LogP contribution in [0.3, 0.4) is 0 Å². The van der Waals surface area contributed by atoms with Crippen LogP contribution in [0.1, 0.15) is 85.3 Å². The number of aliphatic hydroxyl groups is 3. The first-order chi connectivity index (χ1) is 18.0. The molecule has 2 unspecified atom stereocenters. The number of ether oxygens (including phenoxy) is 1. The fourth-order valence-corrected chi connectivity index (χ4v) is 4.83. The molecule has 1 aliphatic heterocycles. The Balaban J connectivity index is 0.000000386. The number of aliphatic hydroxyl groups excluding tert-OH is 3. The summed E-state index contributed by atoms with van der Waals surface area (Å²) in [6.07, 6.45) is 5.29. The number of nitrogen functional groups attached to an aromatic ring is 1. The third kappa shape index (κ3) is 11.8. The van der Waals surface area contributed by atoms with Gasteiger partial charge in [0.05, 0.1) is 19.8 Å². The Morgan fingerprint density at radius 3 is 1.97 bits per heavy atom. The van der Waals surface area contributed by atoms with Crippen LogP contribution in [-0.4, -0.2) is 67.9 Å². The average Bonchev–Trinajstić information content (AvgIpc) is 3.18. The lowest BCUT2D eigenvalue weighted by Crippen LogP contribution is -2.36. The van der Waals surface area contributed by atoms with E-state index in [2.05, 4.69) is 32.7 Å². The molecule has 0 amide bonds. The van der Waals surface area contributed by atoms with Crippen LogP contribution in [0.5, 0.6) is 0 Å². The number of phosphoric ester groups is 1. The van der Waals surface area contributed by atoms with E-state index in [-0.39, 0.29) is 5.82 Å². The molecular weight excluding hydrogens is 517 g/mol. The minimum atomic E-state index is -3.89. The van der Waals surface area contributed by atoms with E-state index in [1.807, 2.05) is 0 Å². The largest absolute Gasteiger partial charge is 0.472 e. The van der Waals surface area contributed by atoms with E-state index < -0.39 is 44.7 Å². The average molecular weight is 566 g/mol. The summed E-state index contributed by atoms with van der Waals surface area (Å²) in [7, 11) is -3.89. The highest BCUT2D eigenvalue weighted by atomic mass is 31.2. The van der Waals surface area contributed by atoms with E-state index in [4.69, 9.17) is 24.6 Å². The molecule has 0 saturated carbocycles. The number of phosphoric acid groups is 1. The zero-order chi connectivity index (χ0) is 28.7. The molecular formula is C25H48N3O9P. The number of unbranched alkanes of at least 4 members (excludes halogenated alkanes) is 2. The second kappa shape index (κ2) is 18.1. The predicted octanol–water partition coefficient (Wildman–Crippen LogP) is 2.99. The molecule has 0 bridgehead atoms. The van der Waals surface area contributed by atoms with Gasteiger partial charge in [0.1, 0.15) is 24.1 Å². The summed E-state index contributed by atoms with van der Waals surface area (Å²) in [5.41, 5.74) is 4.63. The molecule has 1 saturated heterocycles. The van der Waals surface area contributed by atoms with E-state index in [1.165, 1.54) is 12.3 Å². The van der Waals surface area contributed by atoms with Gasteiger partial charge >= 0.3 is 13.5 Å². The van der Waals surface area contributed by atoms with Crippen LogP contribution in [0, 0.1) is 11.8 Å². The lowest BCUT2D eigenvalue weighted by Gasteiger charge is -2.20. The Morgan fingerprint density at radius 1 is 1.05 bits per heavy atom. The smallest absolute Gasteiger partial charge is 0.394 e. The summed E-state index contributed by atoms with van der Waals surface area (Å²) in [5.74, 6) is 0.741. The van der Waals surface area contributed by atoms with Gasteiger partial charge in [0.15, 0.2) is 6.23 Å².